The van der Waals surface area contributed by atoms with E-state index in [4.69, 9.17) is 15.3 Å². The number of hydrogen-bond donors (Lipinski definition) is 3. The van der Waals surface area contributed by atoms with Gasteiger partial charge in [-0.15, -0.1) is 11.3 Å². The summed E-state index contributed by atoms with van der Waals surface area (Å²) in [6.45, 7) is 0. The Kier molecular flexibility index (Phi) is 5.20. The van der Waals surface area contributed by atoms with Crippen LogP contribution in [0.1, 0.15) is 31.4 Å². The molecule has 0 radical (unpaired) electrons. The second kappa shape index (κ2) is 7.61. The van der Waals surface area contributed by atoms with Crippen LogP contribution >= 0.6 is 35.7 Å². The van der Waals surface area contributed by atoms with Crippen LogP contribution in [-0.4, -0.2) is 27.2 Å². The number of thiol groups is 1. The van der Waals surface area contributed by atoms with Gasteiger partial charge in [0.1, 0.15) is 11.8 Å². The number of nitrogen functional groups attached to an aromatic ring is 1. The zero-order valence-electron chi connectivity index (χ0n) is 14.3. The maximum absolute atomic E-state index is 12.9. The summed E-state index contributed by atoms with van der Waals surface area (Å²) in [4.78, 5) is 23.5. The lowest BCUT2D eigenvalue weighted by Gasteiger charge is -2.22. The molecule has 1 aromatic carbocycles. The number of nitrogens with one attached hydrogen (secondary N) is 1. The summed E-state index contributed by atoms with van der Waals surface area (Å²) in [7, 11) is 0. The lowest BCUT2D eigenvalue weighted by atomic mass is 10.3. The Labute approximate surface area is 170 Å². The van der Waals surface area contributed by atoms with E-state index in [9.17, 15) is 4.79 Å². The van der Waals surface area contributed by atoms with Gasteiger partial charge in [-0.1, -0.05) is 29.9 Å². The fourth-order valence-electron chi connectivity index (χ4n) is 2.93. The first kappa shape index (κ1) is 18.5. The number of hydrogen-bond acceptors (Lipinski definition) is 10. The van der Waals surface area contributed by atoms with Crippen LogP contribution in [-0.2, 0) is 14.4 Å². The van der Waals surface area contributed by atoms with Gasteiger partial charge in [0, 0.05) is 10.3 Å². The lowest BCUT2D eigenvalue weighted by Crippen LogP contribution is -2.34. The van der Waals surface area contributed by atoms with Crippen molar-refractivity contribution in [3.8, 4) is 0 Å². The van der Waals surface area contributed by atoms with E-state index in [-0.39, 0.29) is 11.8 Å². The molecular formula is C17H18N4O3S3. The number of thioether (sulfide) groups is 1. The summed E-state index contributed by atoms with van der Waals surface area (Å²) < 4.78 is 4.37. The van der Waals surface area contributed by atoms with Crippen LogP contribution in [0, 0.1) is 0 Å². The van der Waals surface area contributed by atoms with Crippen molar-refractivity contribution in [3.63, 3.8) is 0 Å². The van der Waals surface area contributed by atoms with Crippen molar-refractivity contribution in [3.05, 3.63) is 35.3 Å². The summed E-state index contributed by atoms with van der Waals surface area (Å²) in [5.41, 5.74) is 6.88. The maximum atomic E-state index is 12.9. The first-order valence-corrected chi connectivity index (χ1v) is 10.6. The number of para-hydroxylation sites is 1. The number of nitrogens with zero attached hydrogens (tertiary/aromatic N) is 2. The highest BCUT2D eigenvalue weighted by Gasteiger charge is 2.40. The number of benzene rings is 1. The van der Waals surface area contributed by atoms with Crippen LogP contribution in [0.3, 0.4) is 0 Å². The average molecular weight is 423 g/mol. The number of nitrogens with two attached hydrogens (primary N) is 1. The molecule has 0 bridgehead atoms. The smallest absolute Gasteiger partial charge is 0.366 e. The van der Waals surface area contributed by atoms with Crippen molar-refractivity contribution in [2.75, 3.05) is 11.1 Å². The van der Waals surface area contributed by atoms with E-state index >= 15 is 0 Å². The molecule has 1 aliphatic carbocycles. The molecule has 1 aromatic heterocycles. The summed E-state index contributed by atoms with van der Waals surface area (Å²) in [6, 6.07) is 7.63. The number of oxime groups is 1. The van der Waals surface area contributed by atoms with Crippen molar-refractivity contribution in [2.24, 2.45) is 5.16 Å². The number of aromatic nitrogens is 1. The highest BCUT2D eigenvalue weighted by Crippen LogP contribution is 2.48. The Morgan fingerprint density at radius 3 is 2.85 bits per heavy atom. The van der Waals surface area contributed by atoms with Gasteiger partial charge in [0.25, 0.3) is 4.39 Å². The zero-order valence-corrected chi connectivity index (χ0v) is 16.8. The molecule has 142 valence electrons. The second-order valence-electron chi connectivity index (χ2n) is 6.22. The predicted octanol–water partition coefficient (Wildman–Crippen LogP) is 3.69. The van der Waals surface area contributed by atoms with Crippen LogP contribution < -0.4 is 11.1 Å². The number of ether oxygens (including phenoxy) is 1. The van der Waals surface area contributed by atoms with Crippen molar-refractivity contribution >= 4 is 58.2 Å². The van der Waals surface area contributed by atoms with Crippen LogP contribution in [0.15, 0.2) is 39.7 Å². The van der Waals surface area contributed by atoms with E-state index in [1.807, 2.05) is 24.3 Å². The summed E-state index contributed by atoms with van der Waals surface area (Å²) in [5, 5.41) is 9.16. The number of esters is 1. The van der Waals surface area contributed by atoms with Gasteiger partial charge in [0.15, 0.2) is 5.13 Å². The van der Waals surface area contributed by atoms with Gasteiger partial charge in [-0.05, 0) is 49.6 Å². The van der Waals surface area contributed by atoms with Gasteiger partial charge in [0.2, 0.25) is 5.71 Å². The Balaban J connectivity index is 1.53. The van der Waals surface area contributed by atoms with E-state index in [0.717, 1.165) is 36.3 Å². The zero-order chi connectivity index (χ0) is 18.9. The molecular weight excluding hydrogens is 404 g/mol. The van der Waals surface area contributed by atoms with E-state index in [2.05, 4.69) is 28.1 Å². The first-order valence-electron chi connectivity index (χ1n) is 8.49. The van der Waals surface area contributed by atoms with Crippen molar-refractivity contribution in [2.45, 2.75) is 41.1 Å². The molecule has 1 unspecified atom stereocenters. The van der Waals surface area contributed by atoms with Crippen molar-refractivity contribution in [1.82, 2.24) is 4.98 Å². The molecule has 27 heavy (non-hydrogen) atoms. The quantitative estimate of drug-likeness (QED) is 0.222. The fraction of sp³-hybridized carbons (Fsp3) is 0.353. The van der Waals surface area contributed by atoms with Gasteiger partial charge in [-0.2, -0.15) is 0 Å². The van der Waals surface area contributed by atoms with E-state index in [1.54, 1.807) is 5.38 Å². The molecule has 0 amide bonds. The van der Waals surface area contributed by atoms with Crippen LogP contribution in [0.2, 0.25) is 0 Å². The third kappa shape index (κ3) is 4.17. The van der Waals surface area contributed by atoms with E-state index in [0.29, 0.717) is 10.8 Å². The molecule has 2 heterocycles. The van der Waals surface area contributed by atoms with E-state index in [1.165, 1.54) is 23.1 Å². The normalized spacial score (nSPS) is 22.3. The Morgan fingerprint density at radius 2 is 2.15 bits per heavy atom. The molecule has 1 saturated carbocycles. The maximum Gasteiger partial charge on any atom is 0.366 e. The lowest BCUT2D eigenvalue weighted by molar-refractivity contribution is -0.137. The highest BCUT2D eigenvalue weighted by atomic mass is 32.2. The standard InChI is InChI=1S/C17H18N4O3S3/c18-16-19-12(9-26-16)14(21-24-10-5-1-2-6-10)15(22)23-17(25)20-11-7-3-4-8-13(11)27-17/h3-4,7-10,20,25H,1-2,5-6H2,(H2,18,19)/b21-14-. The van der Waals surface area contributed by atoms with Crippen LogP contribution in [0.4, 0.5) is 10.8 Å². The number of anilines is 2. The van der Waals surface area contributed by atoms with Gasteiger partial charge in [0.05, 0.1) is 5.69 Å². The molecule has 0 spiro atoms. The largest absolute Gasteiger partial charge is 0.414 e. The molecule has 1 atom stereocenters. The number of carbonyl (C=O) groups is 1. The van der Waals surface area contributed by atoms with Gasteiger partial charge in [-0.25, -0.2) is 9.78 Å². The molecule has 2 aliphatic rings. The van der Waals surface area contributed by atoms with Crippen LogP contribution in [0.5, 0.6) is 0 Å². The van der Waals surface area contributed by atoms with E-state index < -0.39 is 10.4 Å². The van der Waals surface area contributed by atoms with Gasteiger partial charge in [-0.3, -0.25) is 0 Å². The molecule has 10 heteroatoms. The second-order valence-corrected chi connectivity index (χ2v) is 9.26. The highest BCUT2D eigenvalue weighted by molar-refractivity contribution is 8.12. The Hall–Kier alpha value is -1.91. The molecule has 1 fully saturated rings. The van der Waals surface area contributed by atoms with Crippen molar-refractivity contribution in [1.29, 1.82) is 0 Å². The number of fused-ring (bicyclic) bond motifs is 1. The molecule has 4 rings (SSSR count). The Morgan fingerprint density at radius 1 is 1.37 bits per heavy atom. The predicted molar refractivity (Wildman–Crippen MR) is 110 cm³/mol. The summed E-state index contributed by atoms with van der Waals surface area (Å²) in [6.07, 6.45) is 4.06. The third-order valence-corrected chi connectivity index (χ3v) is 6.40. The minimum absolute atomic E-state index is 0.0111. The van der Waals surface area contributed by atoms with Crippen LogP contribution in [0.25, 0.3) is 0 Å². The first-order chi connectivity index (χ1) is 13.0. The van der Waals surface area contributed by atoms with Gasteiger partial charge >= 0.3 is 5.97 Å². The minimum atomic E-state index is -1.24. The third-order valence-electron chi connectivity index (χ3n) is 4.21. The Bertz CT molecular complexity index is 855. The molecule has 3 N–H and O–H groups in total. The summed E-state index contributed by atoms with van der Waals surface area (Å²) in [5.74, 6) is -0.680. The van der Waals surface area contributed by atoms with Gasteiger partial charge < -0.3 is 20.6 Å². The topological polar surface area (TPSA) is 98.8 Å². The SMILES string of the molecule is Nc1nc(/C(=N/OC2CCCC2)C(=O)OC2(S)Nc3ccccc3S2)cs1. The molecule has 7 nitrogen and oxygen atoms in total. The number of carbonyl (C=O) groups excluding carboxylic acids is 1. The monoisotopic (exact) mass is 422 g/mol. The van der Waals surface area contributed by atoms with Crippen molar-refractivity contribution < 1.29 is 14.4 Å². The number of rotatable bonds is 5. The number of thiazole rings is 1. The average Bonchev–Trinajstić information content (AvgIpc) is 3.34. The summed E-state index contributed by atoms with van der Waals surface area (Å²) >= 11 is 7.03. The molecule has 1 aliphatic heterocycles. The molecule has 0 saturated heterocycles. The fourth-order valence-corrected chi connectivity index (χ4v) is 4.93. The minimum Gasteiger partial charge on any atom is -0.414 e. The molecule has 2 aromatic rings.